The standard InChI is InChI=1S/C11H19N3O2S/c15-10(13-4-1-2-12-3-5-13)11(16)14-6-8-17-9-7-14/h12H,1-9H2. The Balaban J connectivity index is 1.90. The third kappa shape index (κ3) is 3.35. The van der Waals surface area contributed by atoms with Gasteiger partial charge in [0.25, 0.3) is 0 Å². The molecule has 2 heterocycles. The van der Waals surface area contributed by atoms with Gasteiger partial charge in [-0.25, -0.2) is 0 Å². The summed E-state index contributed by atoms with van der Waals surface area (Å²) in [7, 11) is 0. The fourth-order valence-corrected chi connectivity index (χ4v) is 2.99. The summed E-state index contributed by atoms with van der Waals surface area (Å²) < 4.78 is 0. The maximum absolute atomic E-state index is 12.1. The van der Waals surface area contributed by atoms with E-state index in [1.165, 1.54) is 0 Å². The Bertz CT molecular complexity index is 284. The van der Waals surface area contributed by atoms with Crippen LogP contribution in [0.2, 0.25) is 0 Å². The number of hydrogen-bond donors (Lipinski definition) is 1. The van der Waals surface area contributed by atoms with Gasteiger partial charge in [0.2, 0.25) is 0 Å². The van der Waals surface area contributed by atoms with Gasteiger partial charge in [0, 0.05) is 44.2 Å². The van der Waals surface area contributed by atoms with E-state index in [0.29, 0.717) is 26.2 Å². The largest absolute Gasteiger partial charge is 0.333 e. The van der Waals surface area contributed by atoms with E-state index in [-0.39, 0.29) is 11.8 Å². The molecule has 2 saturated heterocycles. The molecule has 0 aromatic heterocycles. The van der Waals surface area contributed by atoms with E-state index in [4.69, 9.17) is 0 Å². The first-order chi connectivity index (χ1) is 8.29. The molecule has 0 radical (unpaired) electrons. The second-order valence-corrected chi connectivity index (χ2v) is 5.53. The predicted molar refractivity (Wildman–Crippen MR) is 68.0 cm³/mol. The Morgan fingerprint density at radius 3 is 2.24 bits per heavy atom. The minimum absolute atomic E-state index is 0.313. The van der Waals surface area contributed by atoms with Crippen molar-refractivity contribution in [2.75, 3.05) is 50.8 Å². The molecule has 2 aliphatic heterocycles. The molecule has 2 rings (SSSR count). The van der Waals surface area contributed by atoms with Crippen LogP contribution in [-0.2, 0) is 9.59 Å². The van der Waals surface area contributed by atoms with Gasteiger partial charge in [-0.2, -0.15) is 11.8 Å². The Morgan fingerprint density at radius 2 is 1.53 bits per heavy atom. The number of hydrogen-bond acceptors (Lipinski definition) is 4. The minimum atomic E-state index is -0.319. The zero-order valence-electron chi connectivity index (χ0n) is 9.98. The SMILES string of the molecule is O=C(C(=O)N1CCSCC1)N1CCCNCC1. The van der Waals surface area contributed by atoms with Crippen molar-refractivity contribution >= 4 is 23.6 Å². The number of rotatable bonds is 0. The lowest BCUT2D eigenvalue weighted by molar-refractivity contribution is -0.151. The third-order valence-corrected chi connectivity index (χ3v) is 4.05. The average Bonchev–Trinajstić information content (AvgIpc) is 2.67. The van der Waals surface area contributed by atoms with Crippen LogP contribution in [0.4, 0.5) is 0 Å². The first kappa shape index (κ1) is 12.7. The van der Waals surface area contributed by atoms with E-state index < -0.39 is 0 Å². The summed E-state index contributed by atoms with van der Waals surface area (Å²) in [5.74, 6) is 1.26. The predicted octanol–water partition coefficient (Wildman–Crippen LogP) is -0.616. The number of carbonyl (C=O) groups excluding carboxylic acids is 2. The molecule has 0 aromatic carbocycles. The highest BCUT2D eigenvalue weighted by atomic mass is 32.2. The Kier molecular flexibility index (Phi) is 4.67. The van der Waals surface area contributed by atoms with E-state index in [1.807, 2.05) is 11.8 Å². The van der Waals surface area contributed by atoms with E-state index in [9.17, 15) is 9.59 Å². The van der Waals surface area contributed by atoms with Crippen molar-refractivity contribution in [1.29, 1.82) is 0 Å². The van der Waals surface area contributed by atoms with Gasteiger partial charge in [-0.15, -0.1) is 0 Å². The maximum atomic E-state index is 12.1. The normalized spacial score (nSPS) is 22.1. The summed E-state index contributed by atoms with van der Waals surface area (Å²) in [6.07, 6.45) is 0.925. The molecule has 2 fully saturated rings. The summed E-state index contributed by atoms with van der Waals surface area (Å²) >= 11 is 1.84. The van der Waals surface area contributed by atoms with Gasteiger partial charge in [-0.05, 0) is 13.0 Å². The van der Waals surface area contributed by atoms with E-state index in [0.717, 1.165) is 31.0 Å². The maximum Gasteiger partial charge on any atom is 0.312 e. The van der Waals surface area contributed by atoms with E-state index in [1.54, 1.807) is 9.80 Å². The lowest BCUT2D eigenvalue weighted by Gasteiger charge is -2.28. The van der Waals surface area contributed by atoms with Crippen molar-refractivity contribution in [3.05, 3.63) is 0 Å². The van der Waals surface area contributed by atoms with Crippen LogP contribution in [0.1, 0.15) is 6.42 Å². The lowest BCUT2D eigenvalue weighted by atomic mass is 10.3. The number of nitrogens with one attached hydrogen (secondary N) is 1. The quantitative estimate of drug-likeness (QED) is 0.588. The van der Waals surface area contributed by atoms with Gasteiger partial charge in [0.1, 0.15) is 0 Å². The molecule has 17 heavy (non-hydrogen) atoms. The molecule has 0 aromatic rings. The van der Waals surface area contributed by atoms with Crippen LogP contribution in [-0.4, -0.2) is 72.4 Å². The summed E-state index contributed by atoms with van der Waals surface area (Å²) in [4.78, 5) is 27.4. The van der Waals surface area contributed by atoms with Crippen LogP contribution in [0.5, 0.6) is 0 Å². The van der Waals surface area contributed by atoms with Crippen LogP contribution in [0, 0.1) is 0 Å². The van der Waals surface area contributed by atoms with Crippen molar-refractivity contribution in [3.63, 3.8) is 0 Å². The summed E-state index contributed by atoms with van der Waals surface area (Å²) in [6, 6.07) is 0. The van der Waals surface area contributed by atoms with Crippen LogP contribution < -0.4 is 5.32 Å². The zero-order chi connectivity index (χ0) is 12.1. The monoisotopic (exact) mass is 257 g/mol. The third-order valence-electron chi connectivity index (χ3n) is 3.11. The van der Waals surface area contributed by atoms with Gasteiger partial charge in [-0.3, -0.25) is 9.59 Å². The summed E-state index contributed by atoms with van der Waals surface area (Å²) in [5, 5.41) is 3.23. The number of nitrogens with zero attached hydrogens (tertiary/aromatic N) is 2. The van der Waals surface area contributed by atoms with Crippen molar-refractivity contribution in [2.24, 2.45) is 0 Å². The number of carbonyl (C=O) groups is 2. The van der Waals surface area contributed by atoms with Crippen LogP contribution >= 0.6 is 11.8 Å². The number of amides is 2. The first-order valence-electron chi connectivity index (χ1n) is 6.15. The molecule has 0 spiro atoms. The molecule has 6 heteroatoms. The topological polar surface area (TPSA) is 52.7 Å². The molecular weight excluding hydrogens is 238 g/mol. The summed E-state index contributed by atoms with van der Waals surface area (Å²) in [5.41, 5.74) is 0. The van der Waals surface area contributed by atoms with Crippen molar-refractivity contribution in [3.8, 4) is 0 Å². The van der Waals surface area contributed by atoms with Gasteiger partial charge in [0.05, 0.1) is 0 Å². The number of thioether (sulfide) groups is 1. The van der Waals surface area contributed by atoms with Crippen LogP contribution in [0.3, 0.4) is 0 Å². The van der Waals surface area contributed by atoms with Crippen molar-refractivity contribution in [1.82, 2.24) is 15.1 Å². The molecule has 96 valence electrons. The zero-order valence-corrected chi connectivity index (χ0v) is 10.8. The van der Waals surface area contributed by atoms with Crippen molar-refractivity contribution in [2.45, 2.75) is 6.42 Å². The first-order valence-corrected chi connectivity index (χ1v) is 7.31. The second-order valence-electron chi connectivity index (χ2n) is 4.30. The highest BCUT2D eigenvalue weighted by Crippen LogP contribution is 2.10. The molecule has 5 nitrogen and oxygen atoms in total. The lowest BCUT2D eigenvalue weighted by Crippen LogP contribution is -2.48. The second kappa shape index (κ2) is 6.26. The Hall–Kier alpha value is -0.750. The molecule has 2 aliphatic rings. The van der Waals surface area contributed by atoms with Gasteiger partial charge in [0.15, 0.2) is 0 Å². The molecule has 2 amide bonds. The van der Waals surface area contributed by atoms with Crippen molar-refractivity contribution < 1.29 is 9.59 Å². The molecule has 0 atom stereocenters. The average molecular weight is 257 g/mol. The van der Waals surface area contributed by atoms with Crippen LogP contribution in [0.25, 0.3) is 0 Å². The van der Waals surface area contributed by atoms with Gasteiger partial charge in [-0.1, -0.05) is 0 Å². The Morgan fingerprint density at radius 1 is 0.882 bits per heavy atom. The van der Waals surface area contributed by atoms with Gasteiger partial charge >= 0.3 is 11.8 Å². The smallest absolute Gasteiger partial charge is 0.312 e. The fourth-order valence-electron chi connectivity index (χ4n) is 2.09. The van der Waals surface area contributed by atoms with E-state index >= 15 is 0 Å². The van der Waals surface area contributed by atoms with Gasteiger partial charge < -0.3 is 15.1 Å². The molecule has 0 saturated carbocycles. The summed E-state index contributed by atoms with van der Waals surface area (Å²) in [6.45, 7) is 4.48. The Labute approximate surface area is 106 Å². The molecule has 0 aliphatic carbocycles. The molecular formula is C11H19N3O2S. The highest BCUT2D eigenvalue weighted by Gasteiger charge is 2.28. The molecule has 1 N–H and O–H groups in total. The minimum Gasteiger partial charge on any atom is -0.333 e. The highest BCUT2D eigenvalue weighted by molar-refractivity contribution is 7.99. The fraction of sp³-hybridized carbons (Fsp3) is 0.818. The van der Waals surface area contributed by atoms with E-state index in [2.05, 4.69) is 5.32 Å². The van der Waals surface area contributed by atoms with Crippen LogP contribution in [0.15, 0.2) is 0 Å². The molecule has 0 unspecified atom stereocenters. The molecule has 0 bridgehead atoms.